The van der Waals surface area contributed by atoms with Gasteiger partial charge in [0, 0.05) is 11.8 Å². The van der Waals surface area contributed by atoms with Crippen molar-refractivity contribution < 1.29 is 23.4 Å². The van der Waals surface area contributed by atoms with Gasteiger partial charge >= 0.3 is 0 Å². The molecule has 1 N–H and O–H groups in total. The lowest BCUT2D eigenvalue weighted by molar-refractivity contribution is 0.140. The third kappa shape index (κ3) is 2.15. The van der Waals surface area contributed by atoms with Gasteiger partial charge in [0.2, 0.25) is 0 Å². The molecule has 0 aliphatic carbocycles. The van der Waals surface area contributed by atoms with E-state index in [2.05, 4.69) is 4.98 Å². The van der Waals surface area contributed by atoms with Gasteiger partial charge in [-0.1, -0.05) is 0 Å². The van der Waals surface area contributed by atoms with Crippen LogP contribution in [0.2, 0.25) is 0 Å². The van der Waals surface area contributed by atoms with Gasteiger partial charge in [0.25, 0.3) is 6.43 Å². The van der Waals surface area contributed by atoms with E-state index in [9.17, 15) is 8.78 Å². The molecule has 0 bridgehead atoms. The van der Waals surface area contributed by atoms with Crippen LogP contribution in [0.1, 0.15) is 17.7 Å². The topological polar surface area (TPSA) is 51.6 Å². The normalized spacial score (nSPS) is 10.5. The maximum Gasteiger partial charge on any atom is 0.284 e. The van der Waals surface area contributed by atoms with Crippen molar-refractivity contribution in [3.8, 4) is 11.5 Å². The number of alkyl halides is 2. The predicted molar refractivity (Wildman–Crippen MR) is 48.2 cm³/mol. The van der Waals surface area contributed by atoms with E-state index in [0.717, 1.165) is 6.20 Å². The molecular formula is C9H11F2NO3. The summed E-state index contributed by atoms with van der Waals surface area (Å²) in [6.45, 7) is -0.351. The van der Waals surface area contributed by atoms with Crippen LogP contribution in [0.25, 0.3) is 0 Å². The predicted octanol–water partition coefficient (Wildman–Crippen LogP) is 1.53. The average Bonchev–Trinajstić information content (AvgIpc) is 2.26. The Morgan fingerprint density at radius 3 is 2.33 bits per heavy atom. The van der Waals surface area contributed by atoms with Crippen molar-refractivity contribution in [2.24, 2.45) is 0 Å². The molecular weight excluding hydrogens is 208 g/mol. The molecule has 0 aliphatic heterocycles. The molecule has 1 aromatic heterocycles. The van der Waals surface area contributed by atoms with Crippen LogP contribution < -0.4 is 9.47 Å². The van der Waals surface area contributed by atoms with Gasteiger partial charge in [0.1, 0.15) is 0 Å². The van der Waals surface area contributed by atoms with Crippen LogP contribution in [-0.2, 0) is 6.61 Å². The van der Waals surface area contributed by atoms with Gasteiger partial charge < -0.3 is 14.6 Å². The molecule has 0 unspecified atom stereocenters. The molecule has 1 rings (SSSR count). The van der Waals surface area contributed by atoms with Crippen molar-refractivity contribution in [1.29, 1.82) is 0 Å². The monoisotopic (exact) mass is 219 g/mol. The van der Waals surface area contributed by atoms with Gasteiger partial charge in [-0.3, -0.25) is 4.98 Å². The lowest BCUT2D eigenvalue weighted by Crippen LogP contribution is -2.03. The number of aromatic nitrogens is 1. The van der Waals surface area contributed by atoms with Crippen molar-refractivity contribution in [2.45, 2.75) is 13.0 Å². The molecule has 0 saturated carbocycles. The van der Waals surface area contributed by atoms with Crippen LogP contribution >= 0.6 is 0 Å². The number of rotatable bonds is 4. The van der Waals surface area contributed by atoms with Crippen LogP contribution in [0.15, 0.2) is 6.20 Å². The molecule has 0 spiro atoms. The number of ether oxygens (including phenoxy) is 2. The average molecular weight is 219 g/mol. The van der Waals surface area contributed by atoms with Gasteiger partial charge in [0.05, 0.1) is 20.8 Å². The van der Waals surface area contributed by atoms with E-state index in [1.54, 1.807) is 0 Å². The smallest absolute Gasteiger partial charge is 0.284 e. The van der Waals surface area contributed by atoms with Crippen LogP contribution in [0, 0.1) is 0 Å². The van der Waals surface area contributed by atoms with Crippen LogP contribution in [0.4, 0.5) is 8.78 Å². The summed E-state index contributed by atoms with van der Waals surface area (Å²) in [4.78, 5) is 3.51. The highest BCUT2D eigenvalue weighted by molar-refractivity contribution is 5.48. The fourth-order valence-corrected chi connectivity index (χ4v) is 1.22. The van der Waals surface area contributed by atoms with E-state index in [1.807, 2.05) is 0 Å². The molecule has 0 fully saturated rings. The van der Waals surface area contributed by atoms with Crippen molar-refractivity contribution in [3.05, 3.63) is 17.5 Å². The van der Waals surface area contributed by atoms with Crippen LogP contribution in [-0.4, -0.2) is 24.3 Å². The molecule has 84 valence electrons. The maximum absolute atomic E-state index is 12.5. The van der Waals surface area contributed by atoms with Crippen LogP contribution in [0.5, 0.6) is 11.5 Å². The highest BCUT2D eigenvalue weighted by atomic mass is 19.3. The van der Waals surface area contributed by atoms with E-state index in [1.165, 1.54) is 14.2 Å². The van der Waals surface area contributed by atoms with E-state index in [0.29, 0.717) is 5.56 Å². The Labute approximate surface area is 85.5 Å². The molecule has 1 aromatic rings. The first-order valence-electron chi connectivity index (χ1n) is 4.14. The zero-order chi connectivity index (χ0) is 11.4. The lowest BCUT2D eigenvalue weighted by atomic mass is 10.2. The van der Waals surface area contributed by atoms with Crippen molar-refractivity contribution in [2.75, 3.05) is 14.2 Å². The highest BCUT2D eigenvalue weighted by Gasteiger charge is 2.22. The van der Waals surface area contributed by atoms with E-state index < -0.39 is 12.1 Å². The number of pyridine rings is 1. The van der Waals surface area contributed by atoms with Gasteiger partial charge in [-0.05, 0) is 0 Å². The minimum atomic E-state index is -2.75. The summed E-state index contributed by atoms with van der Waals surface area (Å²) in [7, 11) is 2.55. The Hall–Kier alpha value is -1.43. The minimum Gasteiger partial charge on any atom is -0.492 e. The van der Waals surface area contributed by atoms with Crippen molar-refractivity contribution >= 4 is 0 Å². The number of hydrogen-bond acceptors (Lipinski definition) is 4. The summed E-state index contributed by atoms with van der Waals surface area (Å²) in [5, 5.41) is 8.94. The second-order valence-electron chi connectivity index (χ2n) is 2.69. The number of aliphatic hydroxyl groups excluding tert-OH is 1. The van der Waals surface area contributed by atoms with Gasteiger partial charge in [0.15, 0.2) is 17.2 Å². The fraction of sp³-hybridized carbons (Fsp3) is 0.444. The molecule has 4 nitrogen and oxygen atoms in total. The Bertz CT molecular complexity index is 344. The van der Waals surface area contributed by atoms with Gasteiger partial charge in [-0.2, -0.15) is 0 Å². The second-order valence-corrected chi connectivity index (χ2v) is 2.69. The number of nitrogens with zero attached hydrogens (tertiary/aromatic N) is 1. The summed E-state index contributed by atoms with van der Waals surface area (Å²) >= 11 is 0. The fourth-order valence-electron chi connectivity index (χ4n) is 1.22. The summed E-state index contributed by atoms with van der Waals surface area (Å²) in [5.41, 5.74) is -0.190. The molecule has 0 aromatic carbocycles. The van der Waals surface area contributed by atoms with Gasteiger partial charge in [-0.15, -0.1) is 0 Å². The van der Waals surface area contributed by atoms with E-state index in [4.69, 9.17) is 14.6 Å². The second kappa shape index (κ2) is 4.88. The maximum atomic E-state index is 12.5. The van der Waals surface area contributed by atoms with E-state index in [-0.39, 0.29) is 18.1 Å². The lowest BCUT2D eigenvalue weighted by Gasteiger charge is -2.13. The van der Waals surface area contributed by atoms with Gasteiger partial charge in [-0.25, -0.2) is 8.78 Å². The number of halogens is 2. The Morgan fingerprint density at radius 2 is 1.93 bits per heavy atom. The molecule has 0 saturated heterocycles. The minimum absolute atomic E-state index is 0.0882. The van der Waals surface area contributed by atoms with E-state index >= 15 is 0 Å². The molecule has 6 heteroatoms. The van der Waals surface area contributed by atoms with Crippen molar-refractivity contribution in [1.82, 2.24) is 4.98 Å². The summed E-state index contributed by atoms with van der Waals surface area (Å²) in [6, 6.07) is 0. The summed E-state index contributed by atoms with van der Waals surface area (Å²) in [5.74, 6) is -0.0515. The third-order valence-corrected chi connectivity index (χ3v) is 1.88. The Morgan fingerprint density at radius 1 is 1.33 bits per heavy atom. The zero-order valence-electron chi connectivity index (χ0n) is 8.33. The first-order valence-corrected chi connectivity index (χ1v) is 4.14. The van der Waals surface area contributed by atoms with Crippen molar-refractivity contribution in [3.63, 3.8) is 0 Å². The summed E-state index contributed by atoms with van der Waals surface area (Å²) < 4.78 is 34.7. The SMILES string of the molecule is COc1c(CO)cnc(C(F)F)c1OC. The first-order chi connectivity index (χ1) is 7.15. The molecule has 0 radical (unpaired) electrons. The number of aliphatic hydroxyl groups is 1. The Balaban J connectivity index is 3.34. The number of hydrogen-bond donors (Lipinski definition) is 1. The molecule has 0 atom stereocenters. The zero-order valence-corrected chi connectivity index (χ0v) is 8.33. The van der Waals surface area contributed by atoms with Crippen LogP contribution in [0.3, 0.4) is 0 Å². The summed E-state index contributed by atoms with van der Waals surface area (Å²) in [6.07, 6.45) is -1.61. The molecule has 0 amide bonds. The third-order valence-electron chi connectivity index (χ3n) is 1.88. The molecule has 0 aliphatic rings. The largest absolute Gasteiger partial charge is 0.492 e. The Kier molecular flexibility index (Phi) is 3.79. The molecule has 1 heterocycles. The first kappa shape index (κ1) is 11.6. The quantitative estimate of drug-likeness (QED) is 0.834. The molecule has 15 heavy (non-hydrogen) atoms. The highest BCUT2D eigenvalue weighted by Crippen LogP contribution is 2.37. The standard InChI is InChI=1S/C9H11F2NO3/c1-14-7-5(4-13)3-12-6(9(10)11)8(7)15-2/h3,9,13H,4H2,1-2H3. The number of methoxy groups -OCH3 is 2.